The second kappa shape index (κ2) is 16.0. The van der Waals surface area contributed by atoms with Gasteiger partial charge in [0.05, 0.1) is 59.0 Å². The third-order valence-corrected chi connectivity index (χ3v) is 11.3. The van der Waals surface area contributed by atoms with Crippen molar-refractivity contribution in [3.8, 4) is 85.1 Å². The molecule has 7 nitrogen and oxygen atoms in total. The lowest BCUT2D eigenvalue weighted by Gasteiger charge is -2.21. The minimum atomic E-state index is 0.413. The third-order valence-electron chi connectivity index (χ3n) is 11.3. The van der Waals surface area contributed by atoms with Crippen LogP contribution in [0.2, 0.25) is 0 Å². The van der Waals surface area contributed by atoms with E-state index in [0.717, 1.165) is 89.0 Å². The lowest BCUT2D eigenvalue weighted by molar-refractivity contribution is 1.17. The molecule has 0 radical (unpaired) electrons. The summed E-state index contributed by atoms with van der Waals surface area (Å²) in [6.07, 6.45) is 0. The number of para-hydroxylation sites is 1. The summed E-state index contributed by atoms with van der Waals surface area (Å²) in [4.78, 5) is 17.8. The van der Waals surface area contributed by atoms with E-state index >= 15 is 0 Å². The summed E-state index contributed by atoms with van der Waals surface area (Å²) in [5, 5.41) is 21.4. The van der Waals surface area contributed by atoms with E-state index in [1.165, 1.54) is 0 Å². The average Bonchev–Trinajstić information content (AvgIpc) is 3.69. The van der Waals surface area contributed by atoms with Gasteiger partial charge in [0.15, 0.2) is 17.2 Å². The maximum Gasteiger partial charge on any atom is 0.196 e. The fraction of sp³-hybridized carbons (Fsp3) is 0. The molecule has 0 fully saturated rings. The number of benzene rings is 8. The normalized spacial score (nSPS) is 10.8. The van der Waals surface area contributed by atoms with Crippen LogP contribution in [0.25, 0.3) is 104 Å². The molecule has 0 aliphatic rings. The first-order valence-electron chi connectivity index (χ1n) is 20.2. The van der Waals surface area contributed by atoms with Crippen LogP contribution in [-0.4, -0.2) is 14.5 Å². The Morgan fingerprint density at radius 2 is 1.00 bits per heavy atom. The number of fused-ring (bicyclic) bond motifs is 3. The zero-order chi connectivity index (χ0) is 42.9. The van der Waals surface area contributed by atoms with E-state index in [-0.39, 0.29) is 0 Å². The molecule has 290 valence electrons. The quantitative estimate of drug-likeness (QED) is 0.150. The largest absolute Gasteiger partial charge is 0.308 e. The monoisotopic (exact) mass is 801 g/mol. The summed E-state index contributed by atoms with van der Waals surface area (Å²) in [5.74, 6) is 0.598. The van der Waals surface area contributed by atoms with Crippen LogP contribution in [0.4, 0.5) is 11.4 Å². The SMILES string of the molecule is [C-]#[N+]c1ccc(-c2cc(-c3cc(-c4ccccc4)nc(-c4ccccc4)n3)cc(-c3ccc(C#N)cc3)c2-n2c3ccccc3c3cc(-c4ccc(C#N)cc4[N+]#[C-])ccc32)cc1. The van der Waals surface area contributed by atoms with E-state index in [9.17, 15) is 10.5 Å². The van der Waals surface area contributed by atoms with Gasteiger partial charge in [-0.05, 0) is 82.9 Å². The number of hydrogen-bond acceptors (Lipinski definition) is 4. The Balaban J connectivity index is 1.31. The predicted octanol–water partition coefficient (Wildman–Crippen LogP) is 14.4. The molecule has 10 aromatic rings. The average molecular weight is 802 g/mol. The second-order valence-electron chi connectivity index (χ2n) is 15.0. The topological polar surface area (TPSA) is 87.0 Å². The zero-order valence-corrected chi connectivity index (χ0v) is 33.5. The van der Waals surface area contributed by atoms with Gasteiger partial charge in [0.2, 0.25) is 0 Å². The van der Waals surface area contributed by atoms with Crippen molar-refractivity contribution in [2.24, 2.45) is 0 Å². The van der Waals surface area contributed by atoms with Crippen LogP contribution >= 0.6 is 0 Å². The first-order valence-corrected chi connectivity index (χ1v) is 20.2. The van der Waals surface area contributed by atoms with Gasteiger partial charge in [-0.25, -0.2) is 19.7 Å². The Labute approximate surface area is 364 Å². The molecule has 0 aliphatic heterocycles. The first kappa shape index (κ1) is 37.8. The molecule has 0 unspecified atom stereocenters. The first-order chi connectivity index (χ1) is 31.0. The van der Waals surface area contributed by atoms with Gasteiger partial charge in [-0.2, -0.15) is 10.5 Å². The van der Waals surface area contributed by atoms with Crippen LogP contribution in [0.3, 0.4) is 0 Å². The summed E-state index contributed by atoms with van der Waals surface area (Å²) >= 11 is 0. The van der Waals surface area contributed by atoms with Crippen molar-refractivity contribution in [1.29, 1.82) is 10.5 Å². The van der Waals surface area contributed by atoms with Crippen LogP contribution in [0.15, 0.2) is 188 Å². The third kappa shape index (κ3) is 6.91. The molecule has 0 atom stereocenters. The van der Waals surface area contributed by atoms with Gasteiger partial charge in [0.25, 0.3) is 0 Å². The standard InChI is InChI=1S/C56H31N7/c1-59-44-25-22-39(23-26-44)48-32-43(51-33-50(40-11-5-3-6-12-40)61-56(62-51)41-13-7-4-8-14-41)31-47(38-20-17-36(34-57)18-21-38)55(48)63-53-16-10-9-15-46(53)49-30-42(24-28-54(49)63)45-27-19-37(35-58)29-52(45)60-2/h3-33H. The minimum Gasteiger partial charge on any atom is -0.308 e. The lowest BCUT2D eigenvalue weighted by Crippen LogP contribution is -2.03. The molecule has 0 spiro atoms. The minimum absolute atomic E-state index is 0.413. The van der Waals surface area contributed by atoms with Crippen molar-refractivity contribution in [1.82, 2.24) is 14.5 Å². The second-order valence-corrected chi connectivity index (χ2v) is 15.0. The molecule has 0 saturated carbocycles. The number of aromatic nitrogens is 3. The molecular formula is C56H31N7. The smallest absolute Gasteiger partial charge is 0.196 e. The molecule has 2 aromatic heterocycles. The summed E-state index contributed by atoms with van der Waals surface area (Å²) < 4.78 is 2.29. The molecule has 0 N–H and O–H groups in total. The summed E-state index contributed by atoms with van der Waals surface area (Å²) in [5.41, 5.74) is 14.2. The van der Waals surface area contributed by atoms with Crippen LogP contribution in [0.5, 0.6) is 0 Å². The van der Waals surface area contributed by atoms with Crippen molar-refractivity contribution in [2.45, 2.75) is 0 Å². The maximum absolute atomic E-state index is 9.85. The van der Waals surface area contributed by atoms with E-state index < -0.39 is 0 Å². The zero-order valence-electron chi connectivity index (χ0n) is 33.5. The number of nitriles is 2. The van der Waals surface area contributed by atoms with E-state index in [1.807, 2.05) is 140 Å². The molecule has 0 bridgehead atoms. The van der Waals surface area contributed by atoms with Crippen LogP contribution < -0.4 is 0 Å². The lowest BCUT2D eigenvalue weighted by atomic mass is 9.91. The molecule has 0 amide bonds. The van der Waals surface area contributed by atoms with Crippen LogP contribution in [0, 0.1) is 35.8 Å². The molecule has 7 heteroatoms. The van der Waals surface area contributed by atoms with Crippen LogP contribution in [0.1, 0.15) is 11.1 Å². The van der Waals surface area contributed by atoms with Crippen molar-refractivity contribution in [3.05, 3.63) is 222 Å². The van der Waals surface area contributed by atoms with Gasteiger partial charge in [-0.15, -0.1) is 0 Å². The molecular weight excluding hydrogens is 771 g/mol. The molecule has 8 aromatic carbocycles. The Bertz CT molecular complexity index is 3440. The van der Waals surface area contributed by atoms with Crippen molar-refractivity contribution < 1.29 is 0 Å². The summed E-state index contributed by atoms with van der Waals surface area (Å²) in [6.45, 7) is 15.7. The van der Waals surface area contributed by atoms with Gasteiger partial charge in [-0.1, -0.05) is 127 Å². The Hall–Kier alpha value is -9.40. The number of rotatable bonds is 7. The molecule has 63 heavy (non-hydrogen) atoms. The van der Waals surface area contributed by atoms with Crippen LogP contribution in [-0.2, 0) is 0 Å². The van der Waals surface area contributed by atoms with E-state index in [4.69, 9.17) is 23.1 Å². The molecule has 2 heterocycles. The highest BCUT2D eigenvalue weighted by Gasteiger charge is 2.23. The molecule has 10 rings (SSSR count). The fourth-order valence-corrected chi connectivity index (χ4v) is 8.29. The van der Waals surface area contributed by atoms with Gasteiger partial charge in [-0.3, -0.25) is 0 Å². The highest BCUT2D eigenvalue weighted by Crippen LogP contribution is 2.45. The van der Waals surface area contributed by atoms with Crippen molar-refractivity contribution in [2.75, 3.05) is 0 Å². The highest BCUT2D eigenvalue weighted by atomic mass is 15.0. The Kier molecular flexibility index (Phi) is 9.60. The summed E-state index contributed by atoms with van der Waals surface area (Å²) in [6, 6.07) is 66.0. The number of nitrogens with zero attached hydrogens (tertiary/aromatic N) is 7. The van der Waals surface area contributed by atoms with Gasteiger partial charge < -0.3 is 4.57 Å². The molecule has 0 saturated heterocycles. The van der Waals surface area contributed by atoms with Gasteiger partial charge in [0, 0.05) is 44.2 Å². The number of hydrogen-bond donors (Lipinski definition) is 0. The van der Waals surface area contributed by atoms with Crippen molar-refractivity contribution >= 4 is 33.2 Å². The van der Waals surface area contributed by atoms with Crippen molar-refractivity contribution in [3.63, 3.8) is 0 Å². The van der Waals surface area contributed by atoms with E-state index in [2.05, 4.69) is 62.8 Å². The Morgan fingerprint density at radius 3 is 1.65 bits per heavy atom. The van der Waals surface area contributed by atoms with Gasteiger partial charge >= 0.3 is 0 Å². The maximum atomic E-state index is 9.85. The summed E-state index contributed by atoms with van der Waals surface area (Å²) in [7, 11) is 0. The molecule has 0 aliphatic carbocycles. The Morgan fingerprint density at radius 1 is 0.429 bits per heavy atom. The van der Waals surface area contributed by atoms with Gasteiger partial charge in [0.1, 0.15) is 0 Å². The van der Waals surface area contributed by atoms with E-state index in [1.54, 1.807) is 12.1 Å². The highest BCUT2D eigenvalue weighted by molar-refractivity contribution is 6.12. The fourth-order valence-electron chi connectivity index (χ4n) is 8.29. The predicted molar refractivity (Wildman–Crippen MR) is 251 cm³/mol. The van der Waals surface area contributed by atoms with E-state index in [0.29, 0.717) is 28.3 Å².